The molecular formula is C25H18ClF2N5O4S. The number of thiophene rings is 1. The first-order valence-corrected chi connectivity index (χ1v) is 12.2. The van der Waals surface area contributed by atoms with Gasteiger partial charge in [-0.3, -0.25) is 9.59 Å². The van der Waals surface area contributed by atoms with E-state index in [1.165, 1.54) is 23.2 Å². The number of primary amides is 1. The second kappa shape index (κ2) is 10.2. The van der Waals surface area contributed by atoms with Crippen molar-refractivity contribution >= 4 is 50.7 Å². The van der Waals surface area contributed by atoms with Crippen LogP contribution in [0.1, 0.15) is 37.8 Å². The van der Waals surface area contributed by atoms with Crippen molar-refractivity contribution in [3.8, 4) is 17.1 Å². The Labute approximate surface area is 222 Å². The number of alkyl halides is 2. The molecule has 5 aromatic rings. The molecule has 2 amide bonds. The number of ether oxygens (including phenoxy) is 1. The first kappa shape index (κ1) is 25.4. The molecule has 0 aliphatic rings. The molecule has 0 atom stereocenters. The Morgan fingerprint density at radius 2 is 2.08 bits per heavy atom. The van der Waals surface area contributed by atoms with Crippen molar-refractivity contribution in [1.29, 1.82) is 0 Å². The van der Waals surface area contributed by atoms with Gasteiger partial charge in [0.25, 0.3) is 18.2 Å². The topological polar surface area (TPSA) is 125 Å². The van der Waals surface area contributed by atoms with Crippen molar-refractivity contribution in [1.82, 2.24) is 14.8 Å². The third-order valence-electron chi connectivity index (χ3n) is 5.47. The molecule has 0 aliphatic heterocycles. The summed E-state index contributed by atoms with van der Waals surface area (Å²) in [6.45, 7) is 1.88. The number of anilines is 1. The Kier molecular flexibility index (Phi) is 6.83. The van der Waals surface area contributed by atoms with Crippen LogP contribution in [0.25, 0.3) is 21.5 Å². The summed E-state index contributed by atoms with van der Waals surface area (Å²) in [4.78, 5) is 29.4. The number of carbonyl (C=O) groups is 2. The number of carbonyl (C=O) groups excluding carboxylic acids is 2. The molecule has 0 radical (unpaired) electrons. The van der Waals surface area contributed by atoms with Crippen LogP contribution in [0.3, 0.4) is 0 Å². The normalized spacial score (nSPS) is 11.3. The molecule has 0 fully saturated rings. The Hall–Kier alpha value is -4.29. The molecule has 38 heavy (non-hydrogen) atoms. The number of nitrogens with two attached hydrogens (primary N) is 1. The number of halogens is 3. The summed E-state index contributed by atoms with van der Waals surface area (Å²) >= 11 is 6.95. The number of fused-ring (bicyclic) bond motifs is 1. The number of hydrogen-bond donors (Lipinski definition) is 2. The summed E-state index contributed by atoms with van der Waals surface area (Å²) in [5, 5.41) is 7.54. The van der Waals surface area contributed by atoms with Gasteiger partial charge in [0.05, 0.1) is 17.0 Å². The van der Waals surface area contributed by atoms with Gasteiger partial charge < -0.3 is 20.2 Å². The molecule has 3 N–H and O–H groups in total. The minimum absolute atomic E-state index is 0.00965. The molecule has 0 unspecified atom stereocenters. The molecule has 194 valence electrons. The van der Waals surface area contributed by atoms with Crippen molar-refractivity contribution in [2.45, 2.75) is 20.1 Å². The molecule has 5 rings (SSSR count). The lowest BCUT2D eigenvalue weighted by atomic mass is 10.1. The first-order chi connectivity index (χ1) is 18.2. The monoisotopic (exact) mass is 557 g/mol. The van der Waals surface area contributed by atoms with Crippen LogP contribution in [0.5, 0.6) is 5.75 Å². The van der Waals surface area contributed by atoms with Gasteiger partial charge in [0.2, 0.25) is 0 Å². The highest BCUT2D eigenvalue weighted by atomic mass is 35.5. The summed E-state index contributed by atoms with van der Waals surface area (Å²) in [7, 11) is 0. The number of furan rings is 1. The third kappa shape index (κ3) is 4.95. The van der Waals surface area contributed by atoms with Crippen molar-refractivity contribution < 1.29 is 27.5 Å². The summed E-state index contributed by atoms with van der Waals surface area (Å²) in [5.74, 6) is -0.811. The molecule has 13 heteroatoms. The molecule has 0 spiro atoms. The number of hydrogen-bond acceptors (Lipinski definition) is 7. The number of aryl methyl sites for hydroxylation is 1. The second-order valence-electron chi connectivity index (χ2n) is 8.13. The van der Waals surface area contributed by atoms with E-state index >= 15 is 0 Å². The Balaban J connectivity index is 1.47. The van der Waals surface area contributed by atoms with E-state index in [0.29, 0.717) is 10.8 Å². The van der Waals surface area contributed by atoms with Crippen LogP contribution in [-0.4, -0.2) is 26.6 Å². The predicted molar refractivity (Wildman–Crippen MR) is 138 cm³/mol. The van der Waals surface area contributed by atoms with Crippen LogP contribution in [-0.2, 0) is 6.73 Å². The fourth-order valence-electron chi connectivity index (χ4n) is 3.74. The Morgan fingerprint density at radius 1 is 1.26 bits per heavy atom. The number of nitrogens with zero attached hydrogens (tertiary/aromatic N) is 3. The van der Waals surface area contributed by atoms with E-state index < -0.39 is 23.9 Å². The van der Waals surface area contributed by atoms with Gasteiger partial charge in [0.15, 0.2) is 12.4 Å². The van der Waals surface area contributed by atoms with Gasteiger partial charge in [0.1, 0.15) is 26.9 Å². The summed E-state index contributed by atoms with van der Waals surface area (Å²) in [6, 6.07) is 11.1. The fraction of sp³-hybridized carbons (Fsp3) is 0.120. The van der Waals surface area contributed by atoms with E-state index in [1.54, 1.807) is 24.3 Å². The average molecular weight is 558 g/mol. The lowest BCUT2D eigenvalue weighted by Gasteiger charge is -2.09. The number of aromatic nitrogens is 3. The number of nitrogens with one attached hydrogen (secondary N) is 1. The van der Waals surface area contributed by atoms with Crippen LogP contribution in [0.15, 0.2) is 59.3 Å². The average Bonchev–Trinajstić information content (AvgIpc) is 3.64. The molecule has 1 aromatic carbocycles. The third-order valence-corrected chi connectivity index (χ3v) is 6.88. The van der Waals surface area contributed by atoms with Crippen LogP contribution in [0.4, 0.5) is 14.5 Å². The van der Waals surface area contributed by atoms with Gasteiger partial charge in [-0.2, -0.15) is 5.10 Å². The van der Waals surface area contributed by atoms with Crippen LogP contribution < -0.4 is 15.8 Å². The number of amides is 2. The zero-order valence-electron chi connectivity index (χ0n) is 19.6. The van der Waals surface area contributed by atoms with E-state index in [9.17, 15) is 18.4 Å². The maximum Gasteiger partial charge on any atom is 0.280 e. The standard InChI is InChI=1S/C25H18ClF2N5O4S/c1-12-4-5-14(26)18(9-12)37-11-33-7-6-15(32-33)24(35)31-20-19-13(17-3-2-8-36-17)10-16(22(27)28)30-25(19)38-21(20)23(29)34/h2-10,22H,11H2,1H3,(H2,29,34)(H,31,35). The highest BCUT2D eigenvalue weighted by Crippen LogP contribution is 2.42. The minimum Gasteiger partial charge on any atom is -0.470 e. The van der Waals surface area contributed by atoms with E-state index in [1.807, 2.05) is 13.0 Å². The van der Waals surface area contributed by atoms with E-state index in [2.05, 4.69) is 15.4 Å². The van der Waals surface area contributed by atoms with Crippen LogP contribution >= 0.6 is 22.9 Å². The van der Waals surface area contributed by atoms with Crippen molar-refractivity contribution in [3.63, 3.8) is 0 Å². The van der Waals surface area contributed by atoms with E-state index in [0.717, 1.165) is 23.0 Å². The zero-order valence-corrected chi connectivity index (χ0v) is 21.1. The van der Waals surface area contributed by atoms with Crippen LogP contribution in [0, 0.1) is 6.92 Å². The van der Waals surface area contributed by atoms with E-state index in [4.69, 9.17) is 26.5 Å². The summed E-state index contributed by atoms with van der Waals surface area (Å²) in [5.41, 5.74) is 6.27. The van der Waals surface area contributed by atoms with Gasteiger partial charge in [-0.1, -0.05) is 17.7 Å². The molecule has 0 saturated carbocycles. The summed E-state index contributed by atoms with van der Waals surface area (Å²) < 4.78 is 39.6. The van der Waals surface area contributed by atoms with Gasteiger partial charge in [-0.25, -0.2) is 18.4 Å². The molecule has 4 heterocycles. The van der Waals surface area contributed by atoms with Crippen molar-refractivity contribution in [2.24, 2.45) is 5.73 Å². The smallest absolute Gasteiger partial charge is 0.280 e. The maximum atomic E-state index is 13.6. The molecular weight excluding hydrogens is 540 g/mol. The minimum atomic E-state index is -2.87. The number of rotatable bonds is 8. The fourth-order valence-corrected chi connectivity index (χ4v) is 4.92. The predicted octanol–water partition coefficient (Wildman–Crippen LogP) is 6.04. The van der Waals surface area contributed by atoms with Crippen molar-refractivity contribution in [2.75, 3.05) is 5.32 Å². The SMILES string of the molecule is Cc1ccc(Cl)c(OCn2ccc(C(=O)Nc3c(C(N)=O)sc4nc(C(F)F)cc(-c5ccco5)c34)n2)c1. The molecule has 0 aliphatic carbocycles. The van der Waals surface area contributed by atoms with Crippen molar-refractivity contribution in [3.05, 3.63) is 81.8 Å². The summed E-state index contributed by atoms with van der Waals surface area (Å²) in [6.07, 6.45) is 0.0394. The molecule has 0 bridgehead atoms. The van der Waals surface area contributed by atoms with E-state index in [-0.39, 0.29) is 44.5 Å². The molecule has 0 saturated heterocycles. The zero-order chi connectivity index (χ0) is 27.0. The van der Waals surface area contributed by atoms with Gasteiger partial charge in [0, 0.05) is 17.1 Å². The molecule has 9 nitrogen and oxygen atoms in total. The van der Waals surface area contributed by atoms with Gasteiger partial charge >= 0.3 is 0 Å². The maximum absolute atomic E-state index is 13.6. The quantitative estimate of drug-likeness (QED) is 0.239. The van der Waals surface area contributed by atoms with Gasteiger partial charge in [-0.05, 0) is 48.9 Å². The molecule has 4 aromatic heterocycles. The lowest BCUT2D eigenvalue weighted by Crippen LogP contribution is -2.17. The number of benzene rings is 1. The largest absolute Gasteiger partial charge is 0.470 e. The second-order valence-corrected chi connectivity index (χ2v) is 9.53. The Morgan fingerprint density at radius 3 is 2.79 bits per heavy atom. The number of pyridine rings is 1. The lowest BCUT2D eigenvalue weighted by molar-refractivity contribution is 0.100. The highest BCUT2D eigenvalue weighted by molar-refractivity contribution is 7.21. The van der Waals surface area contributed by atoms with Gasteiger partial charge in [-0.15, -0.1) is 11.3 Å². The van der Waals surface area contributed by atoms with Crippen LogP contribution in [0.2, 0.25) is 5.02 Å². The Bertz CT molecular complexity index is 1670. The highest BCUT2D eigenvalue weighted by Gasteiger charge is 2.26. The first-order valence-electron chi connectivity index (χ1n) is 11.0.